The second-order valence-electron chi connectivity index (χ2n) is 7.64. The third-order valence-corrected chi connectivity index (χ3v) is 4.61. The van der Waals surface area contributed by atoms with Gasteiger partial charge in [0, 0.05) is 17.5 Å². The summed E-state index contributed by atoms with van der Waals surface area (Å²) in [5, 5.41) is 12.6. The van der Waals surface area contributed by atoms with E-state index in [-0.39, 0.29) is 5.92 Å². The Hall–Kier alpha value is -2.83. The summed E-state index contributed by atoms with van der Waals surface area (Å²) in [6.45, 7) is 7.41. The number of amides is 1. The van der Waals surface area contributed by atoms with Crippen LogP contribution >= 0.6 is 0 Å². The van der Waals surface area contributed by atoms with Crippen molar-refractivity contribution in [3.05, 3.63) is 40.2 Å². The second-order valence-corrected chi connectivity index (χ2v) is 7.64. The predicted molar refractivity (Wildman–Crippen MR) is 110 cm³/mol. The molecule has 2 aromatic rings. The molecule has 0 bridgehead atoms. The Bertz CT molecular complexity index is 917. The maximum atomic E-state index is 12.4. The molecule has 29 heavy (non-hydrogen) atoms. The smallest absolute Gasteiger partial charge is 0.336 e. The first-order valence-electron chi connectivity index (χ1n) is 9.97. The number of benzene rings is 1. The summed E-state index contributed by atoms with van der Waals surface area (Å²) < 4.78 is 11.0. The molecule has 2 N–H and O–H groups in total. The maximum Gasteiger partial charge on any atom is 0.336 e. The maximum absolute atomic E-state index is 12.4. The van der Waals surface area contributed by atoms with Gasteiger partial charge in [0.25, 0.3) is 5.91 Å². The zero-order valence-corrected chi connectivity index (χ0v) is 17.4. The van der Waals surface area contributed by atoms with Gasteiger partial charge in [0.05, 0.1) is 0 Å². The van der Waals surface area contributed by atoms with E-state index in [9.17, 15) is 19.5 Å². The Balaban J connectivity index is 2.15. The molecule has 0 aliphatic rings. The molecule has 0 aliphatic carbocycles. The van der Waals surface area contributed by atoms with Crippen LogP contribution < -0.4 is 15.7 Å². The summed E-state index contributed by atoms with van der Waals surface area (Å²) in [7, 11) is 0. The lowest BCUT2D eigenvalue weighted by Crippen LogP contribution is -2.46. The number of rotatable bonds is 10. The molecule has 2 rings (SSSR count). The van der Waals surface area contributed by atoms with Gasteiger partial charge in [-0.2, -0.15) is 0 Å². The summed E-state index contributed by atoms with van der Waals surface area (Å²) in [6.07, 6.45) is 2.19. The Morgan fingerprint density at radius 2 is 1.93 bits per heavy atom. The zero-order chi connectivity index (χ0) is 21.6. The van der Waals surface area contributed by atoms with Crippen molar-refractivity contribution < 1.29 is 23.8 Å². The average molecular weight is 403 g/mol. The third-order valence-electron chi connectivity index (χ3n) is 4.61. The molecule has 1 aromatic heterocycles. The number of unbranched alkanes of at least 4 members (excludes halogenated alkanes) is 1. The lowest BCUT2D eigenvalue weighted by molar-refractivity contribution is -0.143. The molecule has 158 valence electrons. The molecule has 1 amide bonds. The summed E-state index contributed by atoms with van der Waals surface area (Å²) in [6, 6.07) is 5.64. The highest BCUT2D eigenvalue weighted by Crippen LogP contribution is 2.24. The van der Waals surface area contributed by atoms with E-state index in [0.717, 1.165) is 30.2 Å². The van der Waals surface area contributed by atoms with E-state index in [1.807, 2.05) is 19.9 Å². The van der Waals surface area contributed by atoms with Crippen molar-refractivity contribution in [2.75, 3.05) is 0 Å². The van der Waals surface area contributed by atoms with Crippen molar-refractivity contribution in [3.8, 4) is 5.75 Å². The molecule has 1 heterocycles. The van der Waals surface area contributed by atoms with Gasteiger partial charge in [0.2, 0.25) is 0 Å². The van der Waals surface area contributed by atoms with Gasteiger partial charge in [-0.3, -0.25) is 4.79 Å². The molecule has 0 saturated carbocycles. The molecule has 0 aliphatic heterocycles. The summed E-state index contributed by atoms with van der Waals surface area (Å²) >= 11 is 0. The molecule has 0 radical (unpaired) electrons. The number of hydrogen-bond donors (Lipinski definition) is 2. The standard InChI is InChI=1S/C22H29NO6/c1-5-6-7-15-11-20(24)29-19-12-16(8-9-17(15)19)28-14(4)21(25)23-18(22(26)27)10-13(2)3/h8-9,11-14,18H,5-7,10H2,1-4H3,(H,23,25)(H,26,27)/t14-,18-/m1/s1. The molecule has 7 heteroatoms. The number of aryl methyl sites for hydroxylation is 1. The summed E-state index contributed by atoms with van der Waals surface area (Å²) in [5.41, 5.74) is 0.898. The normalized spacial score (nSPS) is 13.3. The van der Waals surface area contributed by atoms with Gasteiger partial charge in [0.15, 0.2) is 6.10 Å². The second kappa shape index (κ2) is 10.1. The fourth-order valence-corrected chi connectivity index (χ4v) is 3.10. The Labute approximate surface area is 170 Å². The summed E-state index contributed by atoms with van der Waals surface area (Å²) in [4.78, 5) is 35.6. The first-order valence-corrected chi connectivity index (χ1v) is 9.97. The van der Waals surface area contributed by atoms with E-state index in [0.29, 0.717) is 17.8 Å². The zero-order valence-electron chi connectivity index (χ0n) is 17.4. The molecule has 0 spiro atoms. The van der Waals surface area contributed by atoms with Crippen LogP contribution in [0.3, 0.4) is 0 Å². The monoisotopic (exact) mass is 403 g/mol. The van der Waals surface area contributed by atoms with Gasteiger partial charge in [0.1, 0.15) is 17.4 Å². The highest BCUT2D eigenvalue weighted by Gasteiger charge is 2.24. The topological polar surface area (TPSA) is 106 Å². The Morgan fingerprint density at radius 1 is 1.21 bits per heavy atom. The lowest BCUT2D eigenvalue weighted by atomic mass is 10.0. The van der Waals surface area contributed by atoms with Gasteiger partial charge < -0.3 is 19.6 Å². The minimum absolute atomic E-state index is 0.123. The van der Waals surface area contributed by atoms with Crippen molar-refractivity contribution >= 4 is 22.8 Å². The molecular formula is C22H29NO6. The van der Waals surface area contributed by atoms with E-state index in [1.165, 1.54) is 6.07 Å². The predicted octanol–water partition coefficient (Wildman–Crippen LogP) is 3.52. The molecule has 7 nitrogen and oxygen atoms in total. The molecule has 0 saturated heterocycles. The molecule has 2 atom stereocenters. The van der Waals surface area contributed by atoms with Crippen molar-refractivity contribution in [3.63, 3.8) is 0 Å². The van der Waals surface area contributed by atoms with Crippen molar-refractivity contribution in [2.24, 2.45) is 5.92 Å². The number of fused-ring (bicyclic) bond motifs is 1. The van der Waals surface area contributed by atoms with Crippen molar-refractivity contribution in [1.29, 1.82) is 0 Å². The Morgan fingerprint density at radius 3 is 2.55 bits per heavy atom. The highest BCUT2D eigenvalue weighted by molar-refractivity contribution is 5.86. The van der Waals surface area contributed by atoms with Crippen LogP contribution in [0, 0.1) is 5.92 Å². The van der Waals surface area contributed by atoms with Crippen LogP contribution in [-0.2, 0) is 16.0 Å². The third kappa shape index (κ3) is 6.34. The van der Waals surface area contributed by atoms with Gasteiger partial charge in [-0.15, -0.1) is 0 Å². The van der Waals surface area contributed by atoms with E-state index >= 15 is 0 Å². The number of carboxylic acid groups (broad SMARTS) is 1. The van der Waals surface area contributed by atoms with Crippen LogP contribution in [0.2, 0.25) is 0 Å². The van der Waals surface area contributed by atoms with E-state index in [1.54, 1.807) is 19.1 Å². The van der Waals surface area contributed by atoms with Gasteiger partial charge >= 0.3 is 11.6 Å². The minimum Gasteiger partial charge on any atom is -0.481 e. The van der Waals surface area contributed by atoms with Crippen LogP contribution in [0.4, 0.5) is 0 Å². The summed E-state index contributed by atoms with van der Waals surface area (Å²) in [5.74, 6) is -1.10. The fourth-order valence-electron chi connectivity index (χ4n) is 3.10. The molecule has 0 fully saturated rings. The van der Waals surface area contributed by atoms with Crippen LogP contribution in [0.15, 0.2) is 33.5 Å². The van der Waals surface area contributed by atoms with E-state index < -0.39 is 29.6 Å². The van der Waals surface area contributed by atoms with Crippen LogP contribution in [0.25, 0.3) is 11.0 Å². The minimum atomic E-state index is -1.08. The van der Waals surface area contributed by atoms with Gasteiger partial charge in [-0.25, -0.2) is 9.59 Å². The van der Waals surface area contributed by atoms with Crippen LogP contribution in [-0.4, -0.2) is 29.1 Å². The van der Waals surface area contributed by atoms with E-state index in [4.69, 9.17) is 9.15 Å². The number of carboxylic acids is 1. The number of hydrogen-bond acceptors (Lipinski definition) is 5. The SMILES string of the molecule is CCCCc1cc(=O)oc2cc(O[C@H](C)C(=O)N[C@H](CC(C)C)C(=O)O)ccc12. The number of carbonyl (C=O) groups excluding carboxylic acids is 1. The highest BCUT2D eigenvalue weighted by atomic mass is 16.5. The van der Waals surface area contributed by atoms with Crippen molar-refractivity contribution in [2.45, 2.75) is 65.5 Å². The fraction of sp³-hybridized carbons (Fsp3) is 0.500. The van der Waals surface area contributed by atoms with Gasteiger partial charge in [-0.05, 0) is 49.8 Å². The number of ether oxygens (including phenoxy) is 1. The number of carbonyl (C=O) groups is 2. The van der Waals surface area contributed by atoms with Gasteiger partial charge in [-0.1, -0.05) is 27.2 Å². The first-order chi connectivity index (χ1) is 13.7. The Kier molecular flexibility index (Phi) is 7.82. The molecule has 0 unspecified atom stereocenters. The molecule has 1 aromatic carbocycles. The largest absolute Gasteiger partial charge is 0.481 e. The van der Waals surface area contributed by atoms with E-state index in [2.05, 4.69) is 12.2 Å². The average Bonchev–Trinajstić information content (AvgIpc) is 2.64. The number of aliphatic carboxylic acids is 1. The molecular weight excluding hydrogens is 374 g/mol. The quantitative estimate of drug-likeness (QED) is 0.588. The lowest BCUT2D eigenvalue weighted by Gasteiger charge is -2.20. The van der Waals surface area contributed by atoms with Crippen LogP contribution in [0.5, 0.6) is 5.75 Å². The number of nitrogens with one attached hydrogen (secondary N) is 1. The van der Waals surface area contributed by atoms with Crippen LogP contribution in [0.1, 0.15) is 52.5 Å². The first kappa shape index (κ1) is 22.5. The van der Waals surface area contributed by atoms with Crippen molar-refractivity contribution in [1.82, 2.24) is 5.32 Å².